The summed E-state index contributed by atoms with van der Waals surface area (Å²) in [5.74, 6) is -17.2. The van der Waals surface area contributed by atoms with Crippen molar-refractivity contribution in [3.05, 3.63) is 35.4 Å². The quantitative estimate of drug-likeness (QED) is 0.0186. The number of aliphatic imine (C=N–C) groups is 1. The first-order chi connectivity index (χ1) is 54.0. The number of ether oxygens (including phenoxy) is 3. The minimum atomic E-state index is -1.69. The molecule has 39 heteroatoms. The van der Waals surface area contributed by atoms with Crippen LogP contribution in [0.5, 0.6) is 0 Å². The largest absolute Gasteiger partial charge is 0.481 e. The standard InChI is InChI=1S/C75H117N13O25S/c1-44(2)36-57(72(107)81-41-53(89)38-52(43-114-8)71(106)83-47(5)59(90)23-24-63(94)82-45(3)12-9-29-79-74(76)77)86-73(108)58-13-10-31-88(58)64(95)42-111-32-11-14-60(91)56(37-48-15-17-49(18-16-48)46(4)87-113-33-30-80-75(109)112-35-34-110-7)85-70(105)51(20-26-66(98)99)40-62(93)55(22-28-68(102)103)84-69(104)50(19-25-65(96)97)39-61(92)54(78-6)21-27-67(100)101/h15-18,44-45,47,50-52,54-58,78H,9-14,19-43H2,1-8H3,(H,80,109)(H,81,107)(H,82,94)(H,83,106)(H,84,104)(H,85,105)(H,86,108)(H,96,97)(H,98,99)(H,100,101)(H,102,103)(H4,76,77,79)/b87-46+/t45-,47-,50-,51-,52-,54+,55+,56-,57-,58-/m0/s1. The molecule has 1 aromatic carbocycles. The molecule has 1 heterocycles. The van der Waals surface area contributed by atoms with E-state index in [0.29, 0.717) is 42.6 Å². The van der Waals surface area contributed by atoms with Crippen LogP contribution in [0.3, 0.4) is 0 Å². The van der Waals surface area contributed by atoms with Gasteiger partial charge in [0.2, 0.25) is 41.4 Å². The molecule has 1 aromatic rings. The number of benzene rings is 1. The van der Waals surface area contributed by atoms with Crippen molar-refractivity contribution in [3.8, 4) is 0 Å². The summed E-state index contributed by atoms with van der Waals surface area (Å²) in [4.78, 5) is 234. The second kappa shape index (κ2) is 55.4. The number of amides is 8. The number of carbonyl (C=O) groups excluding carboxylic acids is 13. The number of hydrogen-bond donors (Lipinski definition) is 14. The highest BCUT2D eigenvalue weighted by atomic mass is 32.2. The number of oxime groups is 1. The molecule has 0 bridgehead atoms. The molecule has 38 nitrogen and oxygen atoms in total. The van der Waals surface area contributed by atoms with Crippen LogP contribution in [0.2, 0.25) is 0 Å². The van der Waals surface area contributed by atoms with E-state index in [-0.39, 0.29) is 127 Å². The van der Waals surface area contributed by atoms with Gasteiger partial charge in [-0.15, -0.1) is 0 Å². The summed E-state index contributed by atoms with van der Waals surface area (Å²) in [5.41, 5.74) is 12.1. The molecule has 0 unspecified atom stereocenters. The number of methoxy groups -OCH3 is 1. The van der Waals surface area contributed by atoms with E-state index >= 15 is 0 Å². The molecule has 8 amide bonds. The van der Waals surface area contributed by atoms with Gasteiger partial charge in [0.25, 0.3) is 0 Å². The van der Waals surface area contributed by atoms with Gasteiger partial charge in [0, 0.05) is 115 Å². The first-order valence-corrected chi connectivity index (χ1v) is 39.4. The van der Waals surface area contributed by atoms with E-state index in [4.69, 9.17) is 30.5 Å². The van der Waals surface area contributed by atoms with E-state index < -0.39 is 219 Å². The van der Waals surface area contributed by atoms with Crippen molar-refractivity contribution in [2.45, 2.75) is 212 Å². The number of thioether (sulfide) groups is 1. The van der Waals surface area contributed by atoms with Gasteiger partial charge in [-0.05, 0) is 122 Å². The van der Waals surface area contributed by atoms with E-state index in [0.717, 1.165) is 0 Å². The van der Waals surface area contributed by atoms with Crippen LogP contribution in [0.4, 0.5) is 4.79 Å². The van der Waals surface area contributed by atoms with Gasteiger partial charge >= 0.3 is 30.0 Å². The Kier molecular flexibility index (Phi) is 48.7. The number of guanidine groups is 1. The summed E-state index contributed by atoms with van der Waals surface area (Å²) < 4.78 is 15.5. The number of alkyl carbamates (subject to hydrolysis) is 1. The molecular formula is C75H117N13O25S. The van der Waals surface area contributed by atoms with Gasteiger partial charge in [-0.2, -0.15) is 11.8 Å². The maximum Gasteiger partial charge on any atom is 0.407 e. The number of carbonyl (C=O) groups is 17. The van der Waals surface area contributed by atoms with Crippen LogP contribution < -0.4 is 54.0 Å². The Bertz CT molecular complexity index is 3450. The van der Waals surface area contributed by atoms with Crippen LogP contribution in [0.1, 0.15) is 174 Å². The third-order valence-corrected chi connectivity index (χ3v) is 19.0. The van der Waals surface area contributed by atoms with Crippen molar-refractivity contribution in [1.82, 2.24) is 47.4 Å². The Morgan fingerprint density at radius 1 is 0.605 bits per heavy atom. The molecule has 10 atom stereocenters. The van der Waals surface area contributed by atoms with Gasteiger partial charge in [0.15, 0.2) is 34.9 Å². The molecule has 0 saturated carbocycles. The average Bonchev–Trinajstić information content (AvgIpc) is 1.58. The molecule has 114 heavy (non-hydrogen) atoms. The monoisotopic (exact) mass is 1630 g/mol. The number of Topliss-reactive ketones (excluding diaryl/α,β-unsaturated/α-hetero) is 5. The first-order valence-electron chi connectivity index (χ1n) is 38.0. The first kappa shape index (κ1) is 100. The lowest BCUT2D eigenvalue weighted by Crippen LogP contribution is -2.54. The fraction of sp³-hybridized carbons (Fsp3) is 0.667. The predicted octanol–water partition coefficient (Wildman–Crippen LogP) is 0.865. The number of nitrogens with one attached hydrogen (secondary N) is 8. The highest BCUT2D eigenvalue weighted by molar-refractivity contribution is 7.98. The van der Waals surface area contributed by atoms with Gasteiger partial charge in [-0.1, -0.05) is 43.3 Å². The van der Waals surface area contributed by atoms with Gasteiger partial charge in [-0.25, -0.2) is 4.79 Å². The number of ketones is 5. The normalized spacial score (nSPS) is 15.0. The number of carboxylic acid groups (broad SMARTS) is 4. The highest BCUT2D eigenvalue weighted by Gasteiger charge is 2.38. The zero-order chi connectivity index (χ0) is 85.4. The van der Waals surface area contributed by atoms with Crippen molar-refractivity contribution in [1.29, 1.82) is 0 Å². The minimum Gasteiger partial charge on any atom is -0.481 e. The zero-order valence-corrected chi connectivity index (χ0v) is 67.2. The topological polar surface area (TPSA) is 584 Å². The summed E-state index contributed by atoms with van der Waals surface area (Å²) in [6, 6.07) is -0.980. The average molecular weight is 1630 g/mol. The Morgan fingerprint density at radius 3 is 1.77 bits per heavy atom. The van der Waals surface area contributed by atoms with Gasteiger partial charge in [0.05, 0.1) is 55.5 Å². The lowest BCUT2D eigenvalue weighted by molar-refractivity contribution is -0.143. The number of aliphatic carboxylic acids is 4. The van der Waals surface area contributed by atoms with Crippen molar-refractivity contribution < 1.29 is 121 Å². The molecule has 2 rings (SSSR count). The summed E-state index contributed by atoms with van der Waals surface area (Å²) >= 11 is 1.29. The number of nitrogens with zero attached hydrogens (tertiary/aromatic N) is 3. The molecule has 638 valence electrons. The molecule has 1 aliphatic rings. The van der Waals surface area contributed by atoms with Crippen molar-refractivity contribution >= 4 is 124 Å². The van der Waals surface area contributed by atoms with E-state index in [9.17, 15) is 102 Å². The van der Waals surface area contributed by atoms with Crippen LogP contribution in [0.25, 0.3) is 0 Å². The lowest BCUT2D eigenvalue weighted by atomic mass is 9.89. The van der Waals surface area contributed by atoms with Crippen LogP contribution in [-0.4, -0.2) is 265 Å². The van der Waals surface area contributed by atoms with E-state index in [1.165, 1.54) is 37.7 Å². The van der Waals surface area contributed by atoms with Gasteiger partial charge in [0.1, 0.15) is 31.9 Å². The summed E-state index contributed by atoms with van der Waals surface area (Å²) in [6.45, 7) is 8.11. The molecule has 0 aliphatic carbocycles. The van der Waals surface area contributed by atoms with Gasteiger partial charge < -0.3 is 98.4 Å². The van der Waals surface area contributed by atoms with Crippen LogP contribution in [-0.2, 0) is 102 Å². The van der Waals surface area contributed by atoms with Crippen LogP contribution in [0.15, 0.2) is 34.4 Å². The number of likely N-dealkylation sites (N-methyl/N-ethyl adjacent to an activating group) is 1. The molecule has 1 aliphatic heterocycles. The second-order valence-electron chi connectivity index (χ2n) is 28.2. The number of nitrogens with two attached hydrogens (primary N) is 2. The SMILES string of the molecule is CN[C@H](CCC(=O)O)C(=O)C[C@H](CCC(=O)O)C(=O)N[C@H](CCC(=O)O)C(=O)C[C@H](CCC(=O)O)C(=O)N[C@@H](Cc1ccc(/C(C)=N/OCCNC(=O)OCCOC)cc1)C(=O)CCCOCC(=O)N1CCC[C@H]1C(=O)N[C@@H](CC(C)C)C(=O)NCC(=O)C[C@@H](CSC)C(=O)N[C@@H](C)C(=O)CCC(=O)N[C@@H](C)CCCN=C(N)N. The Labute approximate surface area is 667 Å². The molecular weight excluding hydrogens is 1510 g/mol. The smallest absolute Gasteiger partial charge is 0.407 e. The van der Waals surface area contributed by atoms with Crippen LogP contribution in [0, 0.1) is 23.7 Å². The third kappa shape index (κ3) is 42.2. The molecule has 0 radical (unpaired) electrons. The lowest BCUT2D eigenvalue weighted by Gasteiger charge is -2.27. The Morgan fingerprint density at radius 2 is 1.19 bits per heavy atom. The van der Waals surface area contributed by atoms with E-state index in [1.807, 2.05) is 20.8 Å². The van der Waals surface area contributed by atoms with Crippen molar-refractivity contribution in [2.24, 2.45) is 45.3 Å². The highest BCUT2D eigenvalue weighted by Crippen LogP contribution is 2.23. The Balaban J connectivity index is 2.31. The predicted molar refractivity (Wildman–Crippen MR) is 415 cm³/mol. The third-order valence-electron chi connectivity index (χ3n) is 18.3. The molecule has 1 saturated heterocycles. The molecule has 16 N–H and O–H groups in total. The zero-order valence-electron chi connectivity index (χ0n) is 66.3. The number of carboxylic acids is 4. The van der Waals surface area contributed by atoms with Gasteiger partial charge in [-0.3, -0.25) is 81.7 Å². The maximum absolute atomic E-state index is 14.5. The summed E-state index contributed by atoms with van der Waals surface area (Å²) in [7, 11) is 2.83. The molecule has 1 fully saturated rings. The summed E-state index contributed by atoms with van der Waals surface area (Å²) in [6.07, 6.45) is -3.69. The number of likely N-dealkylation sites (tertiary alicyclic amines) is 1. The molecule has 0 spiro atoms. The molecule has 0 aromatic heterocycles. The number of rotatable bonds is 62. The summed E-state index contributed by atoms with van der Waals surface area (Å²) in [5, 5.41) is 63.3. The number of hydrogen-bond acceptors (Lipinski definition) is 25. The van der Waals surface area contributed by atoms with E-state index in [1.54, 1.807) is 37.4 Å². The fourth-order valence-corrected chi connectivity index (χ4v) is 12.7. The van der Waals surface area contributed by atoms with Crippen molar-refractivity contribution in [2.75, 3.05) is 85.4 Å². The maximum atomic E-state index is 14.5. The minimum absolute atomic E-state index is 0.0276. The second-order valence-corrected chi connectivity index (χ2v) is 29.1. The Hall–Kier alpha value is -10.0. The fourth-order valence-electron chi connectivity index (χ4n) is 12.0. The van der Waals surface area contributed by atoms with Crippen molar-refractivity contribution in [3.63, 3.8) is 0 Å². The van der Waals surface area contributed by atoms with E-state index in [2.05, 4.69) is 52.7 Å². The van der Waals surface area contributed by atoms with Crippen LogP contribution >= 0.6 is 11.8 Å².